The molecule has 0 atom stereocenters. The Kier molecular flexibility index (Phi) is 2.52. The van der Waals surface area contributed by atoms with E-state index in [1.807, 2.05) is 38.1 Å². The highest BCUT2D eigenvalue weighted by atomic mass is 14.8. The summed E-state index contributed by atoms with van der Waals surface area (Å²) in [5.74, 6) is 0.580. The third-order valence-electron chi connectivity index (χ3n) is 2.68. The summed E-state index contributed by atoms with van der Waals surface area (Å²) in [4.78, 5) is 4.17. The Balaban J connectivity index is 2.54. The van der Waals surface area contributed by atoms with E-state index in [0.29, 0.717) is 5.82 Å². The molecule has 0 saturated heterocycles. The van der Waals surface area contributed by atoms with Crippen molar-refractivity contribution in [3.05, 3.63) is 41.6 Å². The smallest absolute Gasteiger partial charge is 0.126 e. The highest BCUT2D eigenvalue weighted by Gasteiger charge is 2.04. The molecule has 0 aliphatic heterocycles. The molecule has 82 valence electrons. The fraction of sp³-hybridized carbons (Fsp3) is 0.154. The number of nitrogens with two attached hydrogens (primary N) is 2. The van der Waals surface area contributed by atoms with Gasteiger partial charge in [0.15, 0.2) is 0 Å². The van der Waals surface area contributed by atoms with Gasteiger partial charge in [-0.1, -0.05) is 6.07 Å². The molecule has 0 radical (unpaired) electrons. The lowest BCUT2D eigenvalue weighted by molar-refractivity contribution is 1.27. The number of hydrogen-bond acceptors (Lipinski definition) is 3. The number of benzene rings is 1. The maximum Gasteiger partial charge on any atom is 0.126 e. The van der Waals surface area contributed by atoms with Crippen LogP contribution in [-0.4, -0.2) is 4.98 Å². The third-order valence-corrected chi connectivity index (χ3v) is 2.68. The zero-order valence-electron chi connectivity index (χ0n) is 9.49. The Labute approximate surface area is 95.1 Å². The maximum atomic E-state index is 5.72. The minimum atomic E-state index is 0.580. The van der Waals surface area contributed by atoms with E-state index in [4.69, 9.17) is 11.5 Å². The van der Waals surface area contributed by atoms with Gasteiger partial charge < -0.3 is 11.5 Å². The summed E-state index contributed by atoms with van der Waals surface area (Å²) in [6, 6.07) is 7.91. The molecule has 1 aromatic heterocycles. The third kappa shape index (κ3) is 1.84. The van der Waals surface area contributed by atoms with Crippen molar-refractivity contribution in [1.29, 1.82) is 0 Å². The van der Waals surface area contributed by atoms with Gasteiger partial charge in [-0.2, -0.15) is 0 Å². The van der Waals surface area contributed by atoms with Gasteiger partial charge in [0.1, 0.15) is 5.82 Å². The van der Waals surface area contributed by atoms with Crippen molar-refractivity contribution in [3.63, 3.8) is 0 Å². The average Bonchev–Trinajstić information content (AvgIpc) is 2.22. The number of rotatable bonds is 1. The van der Waals surface area contributed by atoms with E-state index in [1.54, 1.807) is 6.20 Å². The molecule has 0 saturated carbocycles. The van der Waals surface area contributed by atoms with Crippen LogP contribution in [0, 0.1) is 13.8 Å². The topological polar surface area (TPSA) is 64.9 Å². The van der Waals surface area contributed by atoms with Crippen LogP contribution in [0.15, 0.2) is 30.5 Å². The van der Waals surface area contributed by atoms with E-state index in [1.165, 1.54) is 0 Å². The second-order valence-corrected chi connectivity index (χ2v) is 4.00. The number of hydrogen-bond donors (Lipinski definition) is 2. The van der Waals surface area contributed by atoms with Gasteiger partial charge in [-0.25, -0.2) is 4.98 Å². The fourth-order valence-corrected chi connectivity index (χ4v) is 1.74. The summed E-state index contributed by atoms with van der Waals surface area (Å²) in [6.07, 6.45) is 1.79. The van der Waals surface area contributed by atoms with Crippen LogP contribution in [-0.2, 0) is 0 Å². The predicted octanol–water partition coefficient (Wildman–Crippen LogP) is 2.53. The molecule has 0 bridgehead atoms. The zero-order chi connectivity index (χ0) is 11.7. The van der Waals surface area contributed by atoms with Crippen LogP contribution in [0.3, 0.4) is 0 Å². The molecule has 3 heteroatoms. The normalized spacial score (nSPS) is 10.4. The van der Waals surface area contributed by atoms with Crippen molar-refractivity contribution in [2.24, 2.45) is 0 Å². The van der Waals surface area contributed by atoms with Crippen molar-refractivity contribution in [1.82, 2.24) is 4.98 Å². The van der Waals surface area contributed by atoms with Crippen LogP contribution in [0.4, 0.5) is 11.5 Å². The molecule has 0 spiro atoms. The summed E-state index contributed by atoms with van der Waals surface area (Å²) >= 11 is 0. The standard InChI is InChI=1S/C13H15N3/c1-8-6-11(14)3-4-12(8)10-5-9(2)13(15)16-7-10/h3-7H,14H2,1-2H3,(H2,15,16). The van der Waals surface area contributed by atoms with Crippen LogP contribution >= 0.6 is 0 Å². The minimum Gasteiger partial charge on any atom is -0.399 e. The first-order valence-corrected chi connectivity index (χ1v) is 5.16. The summed E-state index contributed by atoms with van der Waals surface area (Å²) < 4.78 is 0. The van der Waals surface area contributed by atoms with Crippen LogP contribution in [0.5, 0.6) is 0 Å². The van der Waals surface area contributed by atoms with Gasteiger partial charge in [-0.15, -0.1) is 0 Å². The second-order valence-electron chi connectivity index (χ2n) is 4.00. The molecule has 0 aliphatic carbocycles. The molecule has 0 unspecified atom stereocenters. The molecule has 2 rings (SSSR count). The Bertz CT molecular complexity index is 533. The quantitative estimate of drug-likeness (QED) is 0.715. The Hall–Kier alpha value is -2.03. The summed E-state index contributed by atoms with van der Waals surface area (Å²) in [7, 11) is 0. The lowest BCUT2D eigenvalue weighted by Crippen LogP contribution is -1.95. The van der Waals surface area contributed by atoms with Crippen LogP contribution in [0.2, 0.25) is 0 Å². The van der Waals surface area contributed by atoms with Crippen molar-refractivity contribution in [3.8, 4) is 11.1 Å². The molecular weight excluding hydrogens is 198 g/mol. The van der Waals surface area contributed by atoms with Gasteiger partial charge in [-0.05, 0) is 48.7 Å². The van der Waals surface area contributed by atoms with Crippen LogP contribution < -0.4 is 11.5 Å². The van der Waals surface area contributed by atoms with E-state index in [-0.39, 0.29) is 0 Å². The van der Waals surface area contributed by atoms with Gasteiger partial charge in [0, 0.05) is 17.4 Å². The molecule has 2 aromatic rings. The Morgan fingerprint density at radius 1 is 1.00 bits per heavy atom. The van der Waals surface area contributed by atoms with E-state index >= 15 is 0 Å². The fourth-order valence-electron chi connectivity index (χ4n) is 1.74. The van der Waals surface area contributed by atoms with Gasteiger partial charge >= 0.3 is 0 Å². The molecule has 0 amide bonds. The SMILES string of the molecule is Cc1cc(N)ccc1-c1cnc(N)c(C)c1. The maximum absolute atomic E-state index is 5.72. The first-order valence-electron chi connectivity index (χ1n) is 5.16. The summed E-state index contributed by atoms with van der Waals surface area (Å²) in [6.45, 7) is 4.00. The van der Waals surface area contributed by atoms with E-state index < -0.39 is 0 Å². The molecule has 1 heterocycles. The molecule has 16 heavy (non-hydrogen) atoms. The number of aryl methyl sites for hydroxylation is 2. The van der Waals surface area contributed by atoms with Crippen molar-refractivity contribution >= 4 is 11.5 Å². The van der Waals surface area contributed by atoms with E-state index in [0.717, 1.165) is 27.9 Å². The lowest BCUT2D eigenvalue weighted by atomic mass is 10.0. The molecule has 0 aliphatic rings. The monoisotopic (exact) mass is 213 g/mol. The molecule has 4 N–H and O–H groups in total. The molecular formula is C13H15N3. The Morgan fingerprint density at radius 2 is 1.75 bits per heavy atom. The molecule has 0 fully saturated rings. The van der Waals surface area contributed by atoms with Gasteiger partial charge in [0.05, 0.1) is 0 Å². The van der Waals surface area contributed by atoms with E-state index in [9.17, 15) is 0 Å². The summed E-state index contributed by atoms with van der Waals surface area (Å²) in [5, 5.41) is 0. The number of anilines is 2. The van der Waals surface area contributed by atoms with Gasteiger partial charge in [0.2, 0.25) is 0 Å². The van der Waals surface area contributed by atoms with Gasteiger partial charge in [0.25, 0.3) is 0 Å². The second kappa shape index (κ2) is 3.85. The van der Waals surface area contributed by atoms with Crippen molar-refractivity contribution in [2.75, 3.05) is 11.5 Å². The molecule has 1 aromatic carbocycles. The first-order chi connectivity index (χ1) is 7.58. The highest BCUT2D eigenvalue weighted by Crippen LogP contribution is 2.26. The number of nitrogen functional groups attached to an aromatic ring is 2. The van der Waals surface area contributed by atoms with Crippen LogP contribution in [0.25, 0.3) is 11.1 Å². The first kappa shape index (κ1) is 10.5. The highest BCUT2D eigenvalue weighted by molar-refractivity contribution is 5.70. The average molecular weight is 213 g/mol. The van der Waals surface area contributed by atoms with Crippen molar-refractivity contribution in [2.45, 2.75) is 13.8 Å². The lowest BCUT2D eigenvalue weighted by Gasteiger charge is -2.08. The Morgan fingerprint density at radius 3 is 2.38 bits per heavy atom. The molecule has 3 nitrogen and oxygen atoms in total. The largest absolute Gasteiger partial charge is 0.399 e. The summed E-state index contributed by atoms with van der Waals surface area (Å²) in [5.41, 5.74) is 16.6. The predicted molar refractivity (Wildman–Crippen MR) is 68.0 cm³/mol. The number of nitrogens with zero attached hydrogens (tertiary/aromatic N) is 1. The number of pyridine rings is 1. The van der Waals surface area contributed by atoms with E-state index in [2.05, 4.69) is 4.98 Å². The number of aromatic nitrogens is 1. The van der Waals surface area contributed by atoms with Crippen LogP contribution in [0.1, 0.15) is 11.1 Å². The zero-order valence-corrected chi connectivity index (χ0v) is 9.49. The van der Waals surface area contributed by atoms with Gasteiger partial charge in [-0.3, -0.25) is 0 Å². The van der Waals surface area contributed by atoms with Crippen molar-refractivity contribution < 1.29 is 0 Å². The minimum absolute atomic E-state index is 0.580.